The van der Waals surface area contributed by atoms with Gasteiger partial charge in [0.1, 0.15) is 13.3 Å². The Morgan fingerprint density at radius 1 is 1.56 bits per heavy atom. The maximum absolute atomic E-state index is 11.9. The van der Waals surface area contributed by atoms with Gasteiger partial charge in [-0.05, 0) is 17.7 Å². The Labute approximate surface area is 101 Å². The Kier molecular flexibility index (Phi) is 4.79. The van der Waals surface area contributed by atoms with Crippen LogP contribution in [0.4, 0.5) is 10.1 Å². The van der Waals surface area contributed by atoms with Crippen molar-refractivity contribution in [2.45, 2.75) is 0 Å². The number of nitro benzene ring substituents is 1. The number of carbonyl (C=O) groups is 1. The lowest BCUT2D eigenvalue weighted by atomic mass is 10.1. The first-order valence-corrected chi connectivity index (χ1v) is 4.93. The molecule has 0 aliphatic carbocycles. The molecule has 18 heavy (non-hydrogen) atoms. The fourth-order valence-electron chi connectivity index (χ4n) is 1.22. The van der Waals surface area contributed by atoms with Crippen LogP contribution in [0, 0.1) is 10.1 Å². The van der Waals surface area contributed by atoms with Crippen molar-refractivity contribution in [2.75, 3.05) is 13.3 Å². The molecule has 1 aromatic carbocycles. The number of carboxylic acids is 1. The molecular weight excluding hydrogens is 245 g/mol. The molecule has 0 bridgehead atoms. The summed E-state index contributed by atoms with van der Waals surface area (Å²) in [7, 11) is 0. The summed E-state index contributed by atoms with van der Waals surface area (Å²) < 4.78 is 16.8. The van der Waals surface area contributed by atoms with Gasteiger partial charge in [0.05, 0.1) is 4.92 Å². The Bertz CT molecular complexity index is 486. The van der Waals surface area contributed by atoms with Gasteiger partial charge in [0.25, 0.3) is 0 Å². The average molecular weight is 255 g/mol. The van der Waals surface area contributed by atoms with Crippen LogP contribution in [0.2, 0.25) is 0 Å². The van der Waals surface area contributed by atoms with Gasteiger partial charge in [0.2, 0.25) is 0 Å². The lowest BCUT2D eigenvalue weighted by molar-refractivity contribution is -0.385. The van der Waals surface area contributed by atoms with Crippen molar-refractivity contribution in [3.63, 3.8) is 0 Å². The number of nitrogens with zero attached hydrogens (tertiary/aromatic N) is 1. The molecule has 6 nitrogen and oxygen atoms in total. The standard InChI is InChI=1S/C11H10FNO5/c12-5-6-18-10-3-1-8(2-4-11(14)15)7-9(10)13(16)17/h1-4,7H,5-6H2,(H,14,15)/b4-2+. The molecule has 0 atom stereocenters. The summed E-state index contributed by atoms with van der Waals surface area (Å²) in [5, 5.41) is 19.2. The Balaban J connectivity index is 3.03. The Morgan fingerprint density at radius 2 is 2.28 bits per heavy atom. The lowest BCUT2D eigenvalue weighted by Crippen LogP contribution is -2.02. The Morgan fingerprint density at radius 3 is 2.83 bits per heavy atom. The monoisotopic (exact) mass is 255 g/mol. The molecule has 0 unspecified atom stereocenters. The SMILES string of the molecule is O=C(O)/C=C/c1ccc(OCCF)c([N+](=O)[O-])c1. The molecule has 0 spiro atoms. The predicted molar refractivity (Wildman–Crippen MR) is 61.2 cm³/mol. The summed E-state index contributed by atoms with van der Waals surface area (Å²) in [4.78, 5) is 20.4. The van der Waals surface area contributed by atoms with E-state index in [0.29, 0.717) is 5.56 Å². The molecule has 0 amide bonds. The van der Waals surface area contributed by atoms with Crippen LogP contribution in [0.5, 0.6) is 5.75 Å². The van der Waals surface area contributed by atoms with Crippen molar-refractivity contribution in [1.82, 2.24) is 0 Å². The second-order valence-electron chi connectivity index (χ2n) is 3.19. The zero-order valence-corrected chi connectivity index (χ0v) is 9.21. The number of alkyl halides is 1. The maximum atomic E-state index is 11.9. The number of nitro groups is 1. The van der Waals surface area contributed by atoms with Gasteiger partial charge in [0, 0.05) is 12.1 Å². The highest BCUT2D eigenvalue weighted by molar-refractivity contribution is 5.85. The fourth-order valence-corrected chi connectivity index (χ4v) is 1.22. The number of hydrogen-bond donors (Lipinski definition) is 1. The number of rotatable bonds is 6. The number of hydrogen-bond acceptors (Lipinski definition) is 4. The van der Waals surface area contributed by atoms with Crippen molar-refractivity contribution < 1.29 is 24.0 Å². The number of carboxylic acid groups (broad SMARTS) is 1. The molecule has 0 aliphatic rings. The predicted octanol–water partition coefficient (Wildman–Crippen LogP) is 2.04. The third kappa shape index (κ3) is 3.85. The first-order valence-electron chi connectivity index (χ1n) is 4.93. The van der Waals surface area contributed by atoms with Crippen LogP contribution in [0.25, 0.3) is 6.08 Å². The normalized spacial score (nSPS) is 10.5. The van der Waals surface area contributed by atoms with E-state index in [4.69, 9.17) is 9.84 Å². The lowest BCUT2D eigenvalue weighted by Gasteiger charge is -2.04. The van der Waals surface area contributed by atoms with E-state index in [1.54, 1.807) is 0 Å². The second-order valence-corrected chi connectivity index (χ2v) is 3.19. The van der Waals surface area contributed by atoms with Gasteiger partial charge >= 0.3 is 11.7 Å². The summed E-state index contributed by atoms with van der Waals surface area (Å²) in [5.74, 6) is -1.21. The van der Waals surface area contributed by atoms with Gasteiger partial charge in [0.15, 0.2) is 5.75 Å². The summed E-state index contributed by atoms with van der Waals surface area (Å²) in [6.45, 7) is -1.02. The topological polar surface area (TPSA) is 89.7 Å². The molecule has 0 heterocycles. The summed E-state index contributed by atoms with van der Waals surface area (Å²) >= 11 is 0. The van der Waals surface area contributed by atoms with E-state index < -0.39 is 17.6 Å². The van der Waals surface area contributed by atoms with E-state index in [1.807, 2.05) is 0 Å². The number of halogens is 1. The van der Waals surface area contributed by atoms with E-state index in [0.717, 1.165) is 12.1 Å². The average Bonchev–Trinajstić information content (AvgIpc) is 2.34. The highest BCUT2D eigenvalue weighted by Crippen LogP contribution is 2.28. The number of ether oxygens (including phenoxy) is 1. The molecule has 0 aromatic heterocycles. The molecule has 0 saturated carbocycles. The van der Waals surface area contributed by atoms with Gasteiger partial charge in [-0.1, -0.05) is 6.07 Å². The third-order valence-electron chi connectivity index (χ3n) is 1.93. The van der Waals surface area contributed by atoms with Crippen molar-refractivity contribution in [3.8, 4) is 5.75 Å². The van der Waals surface area contributed by atoms with E-state index in [-0.39, 0.29) is 18.0 Å². The van der Waals surface area contributed by atoms with Gasteiger partial charge in [-0.25, -0.2) is 9.18 Å². The molecular formula is C11H10FNO5. The van der Waals surface area contributed by atoms with Crippen LogP contribution in [0.3, 0.4) is 0 Å². The van der Waals surface area contributed by atoms with Gasteiger partial charge in [-0.15, -0.1) is 0 Å². The minimum Gasteiger partial charge on any atom is -0.484 e. The number of benzene rings is 1. The Hall–Kier alpha value is -2.44. The van der Waals surface area contributed by atoms with Crippen molar-refractivity contribution in [1.29, 1.82) is 0 Å². The summed E-state index contributed by atoms with van der Waals surface area (Å²) in [6, 6.07) is 3.91. The van der Waals surface area contributed by atoms with Crippen molar-refractivity contribution >= 4 is 17.7 Å². The van der Waals surface area contributed by atoms with Gasteiger partial charge < -0.3 is 9.84 Å². The van der Waals surface area contributed by atoms with Crippen LogP contribution >= 0.6 is 0 Å². The quantitative estimate of drug-likeness (QED) is 0.477. The molecule has 0 saturated heterocycles. The molecule has 7 heteroatoms. The molecule has 1 aromatic rings. The van der Waals surface area contributed by atoms with Gasteiger partial charge in [-0.3, -0.25) is 10.1 Å². The molecule has 0 aliphatic heterocycles. The van der Waals surface area contributed by atoms with Crippen LogP contribution in [0.1, 0.15) is 5.56 Å². The molecule has 0 radical (unpaired) electrons. The van der Waals surface area contributed by atoms with Crippen molar-refractivity contribution in [2.24, 2.45) is 0 Å². The fraction of sp³-hybridized carbons (Fsp3) is 0.182. The first kappa shape index (κ1) is 13.6. The van der Waals surface area contributed by atoms with Crippen molar-refractivity contribution in [3.05, 3.63) is 40.0 Å². The van der Waals surface area contributed by atoms with Gasteiger partial charge in [-0.2, -0.15) is 0 Å². The minimum atomic E-state index is -1.16. The summed E-state index contributed by atoms with van der Waals surface area (Å²) in [5.41, 5.74) is 0.00712. The van der Waals surface area contributed by atoms with E-state index in [9.17, 15) is 19.3 Å². The maximum Gasteiger partial charge on any atom is 0.328 e. The van der Waals surface area contributed by atoms with E-state index in [1.165, 1.54) is 18.2 Å². The zero-order valence-electron chi connectivity index (χ0n) is 9.21. The van der Waals surface area contributed by atoms with E-state index >= 15 is 0 Å². The molecule has 1 N–H and O–H groups in total. The highest BCUT2D eigenvalue weighted by Gasteiger charge is 2.15. The molecule has 96 valence electrons. The van der Waals surface area contributed by atoms with E-state index in [2.05, 4.69) is 0 Å². The van der Waals surface area contributed by atoms with Crippen LogP contribution < -0.4 is 4.74 Å². The largest absolute Gasteiger partial charge is 0.484 e. The zero-order chi connectivity index (χ0) is 13.5. The molecule has 0 fully saturated rings. The first-order chi connectivity index (χ1) is 8.54. The summed E-state index contributed by atoms with van der Waals surface area (Å²) in [6.07, 6.45) is 2.08. The smallest absolute Gasteiger partial charge is 0.328 e. The third-order valence-corrected chi connectivity index (χ3v) is 1.93. The van der Waals surface area contributed by atoms with Crippen LogP contribution in [-0.2, 0) is 4.79 Å². The number of aliphatic carboxylic acids is 1. The highest BCUT2D eigenvalue weighted by atomic mass is 19.1. The second kappa shape index (κ2) is 6.33. The minimum absolute atomic E-state index is 0.0508. The van der Waals surface area contributed by atoms with Crippen LogP contribution in [-0.4, -0.2) is 29.3 Å². The van der Waals surface area contributed by atoms with Crippen LogP contribution in [0.15, 0.2) is 24.3 Å². The molecule has 1 rings (SSSR count).